The van der Waals surface area contributed by atoms with Gasteiger partial charge in [-0.25, -0.2) is 15.0 Å². The van der Waals surface area contributed by atoms with Crippen molar-refractivity contribution in [3.05, 3.63) is 194 Å². The highest BCUT2D eigenvalue weighted by Gasteiger charge is 2.21. The standard InChI is InChI=1S/C51H32N4O/c1-4-15-33(16-5-1)36-21-12-22-37(31-36)50-52-49(35-19-8-3-9-20-35)53-51(54-50)38-29-30-44-42(32-38)40-23-10-11-26-43(40)55(44)45-27-13-25-41-47-39(34-17-6-2-7-18-34)24-14-28-46(47)56-48(41)45/h1-32H. The van der Waals surface area contributed by atoms with Crippen LogP contribution in [-0.2, 0) is 0 Å². The van der Waals surface area contributed by atoms with Gasteiger partial charge < -0.3 is 8.98 Å². The average molecular weight is 717 g/mol. The molecule has 3 heterocycles. The third-order valence-corrected chi connectivity index (χ3v) is 10.7. The van der Waals surface area contributed by atoms with Crippen LogP contribution in [0.1, 0.15) is 0 Å². The molecular weight excluding hydrogens is 685 g/mol. The number of hydrogen-bond acceptors (Lipinski definition) is 4. The quantitative estimate of drug-likeness (QED) is 0.172. The summed E-state index contributed by atoms with van der Waals surface area (Å²) < 4.78 is 9.08. The molecule has 11 rings (SSSR count). The molecule has 0 saturated carbocycles. The molecule has 0 bridgehead atoms. The SMILES string of the molecule is c1ccc(-c2cccc(-c3nc(-c4ccccc4)nc(-c4ccc5c(c4)c4ccccc4n5-c4cccc5c4oc4cccc(-c6ccccc6)c45)n3)c2)cc1. The Labute approximate surface area is 322 Å². The van der Waals surface area contributed by atoms with E-state index < -0.39 is 0 Å². The summed E-state index contributed by atoms with van der Waals surface area (Å²) in [6.45, 7) is 0. The Hall–Kier alpha value is -7.63. The van der Waals surface area contributed by atoms with Gasteiger partial charge in [0.1, 0.15) is 5.58 Å². The van der Waals surface area contributed by atoms with Gasteiger partial charge in [0, 0.05) is 38.2 Å². The maximum atomic E-state index is 6.76. The highest BCUT2D eigenvalue weighted by Crippen LogP contribution is 2.42. The zero-order valence-electron chi connectivity index (χ0n) is 30.2. The number of rotatable bonds is 6. The van der Waals surface area contributed by atoms with E-state index in [-0.39, 0.29) is 0 Å². The molecule has 0 radical (unpaired) electrons. The van der Waals surface area contributed by atoms with Crippen LogP contribution in [0.15, 0.2) is 199 Å². The van der Waals surface area contributed by atoms with Crippen molar-refractivity contribution in [3.63, 3.8) is 0 Å². The number of para-hydroxylation sites is 2. The molecule has 0 spiro atoms. The third kappa shape index (κ3) is 5.29. The molecule has 262 valence electrons. The van der Waals surface area contributed by atoms with Crippen molar-refractivity contribution >= 4 is 43.7 Å². The van der Waals surface area contributed by atoms with Crippen molar-refractivity contribution in [2.75, 3.05) is 0 Å². The smallest absolute Gasteiger partial charge is 0.164 e. The molecule has 0 aliphatic heterocycles. The van der Waals surface area contributed by atoms with E-state index >= 15 is 0 Å². The lowest BCUT2D eigenvalue weighted by atomic mass is 9.99. The zero-order chi connectivity index (χ0) is 37.0. The molecule has 0 saturated heterocycles. The summed E-state index contributed by atoms with van der Waals surface area (Å²) in [5.41, 5.74) is 12.2. The molecule has 0 amide bonds. The summed E-state index contributed by atoms with van der Waals surface area (Å²) in [6.07, 6.45) is 0. The molecule has 0 aliphatic rings. The van der Waals surface area contributed by atoms with Crippen LogP contribution in [0.4, 0.5) is 0 Å². The van der Waals surface area contributed by atoms with Gasteiger partial charge in [0.05, 0.1) is 16.7 Å². The Balaban J connectivity index is 1.10. The van der Waals surface area contributed by atoms with Crippen molar-refractivity contribution in [3.8, 4) is 62.1 Å². The number of hydrogen-bond donors (Lipinski definition) is 0. The first-order chi connectivity index (χ1) is 27.8. The van der Waals surface area contributed by atoms with Crippen LogP contribution in [0.3, 0.4) is 0 Å². The molecule has 0 atom stereocenters. The first-order valence-electron chi connectivity index (χ1n) is 18.8. The molecule has 5 nitrogen and oxygen atoms in total. The van der Waals surface area contributed by atoms with Crippen molar-refractivity contribution in [2.45, 2.75) is 0 Å². The monoisotopic (exact) mass is 716 g/mol. The van der Waals surface area contributed by atoms with Crippen molar-refractivity contribution in [1.29, 1.82) is 0 Å². The molecule has 56 heavy (non-hydrogen) atoms. The molecule has 3 aromatic heterocycles. The normalized spacial score (nSPS) is 11.6. The maximum absolute atomic E-state index is 6.76. The van der Waals surface area contributed by atoms with E-state index in [9.17, 15) is 0 Å². The minimum Gasteiger partial charge on any atom is -0.454 e. The lowest BCUT2D eigenvalue weighted by Crippen LogP contribution is -2.00. The van der Waals surface area contributed by atoms with Gasteiger partial charge in [-0.3, -0.25) is 0 Å². The lowest BCUT2D eigenvalue weighted by Gasteiger charge is -2.11. The largest absolute Gasteiger partial charge is 0.454 e. The number of nitrogens with zero attached hydrogens (tertiary/aromatic N) is 4. The van der Waals surface area contributed by atoms with Crippen LogP contribution in [0.5, 0.6) is 0 Å². The maximum Gasteiger partial charge on any atom is 0.164 e. The van der Waals surface area contributed by atoms with Gasteiger partial charge in [-0.1, -0.05) is 152 Å². The molecule has 11 aromatic rings. The van der Waals surface area contributed by atoms with Gasteiger partial charge in [-0.2, -0.15) is 0 Å². The Morgan fingerprint density at radius 3 is 1.68 bits per heavy atom. The first kappa shape index (κ1) is 31.9. The van der Waals surface area contributed by atoms with Gasteiger partial charge in [0.2, 0.25) is 0 Å². The predicted molar refractivity (Wildman–Crippen MR) is 229 cm³/mol. The molecule has 0 aliphatic carbocycles. The predicted octanol–water partition coefficient (Wildman–Crippen LogP) is 13.2. The van der Waals surface area contributed by atoms with E-state index in [4.69, 9.17) is 19.4 Å². The fourth-order valence-corrected chi connectivity index (χ4v) is 8.06. The van der Waals surface area contributed by atoms with Gasteiger partial charge in [0.25, 0.3) is 0 Å². The molecule has 0 N–H and O–H groups in total. The summed E-state index contributed by atoms with van der Waals surface area (Å²) in [7, 11) is 0. The van der Waals surface area contributed by atoms with E-state index in [1.54, 1.807) is 0 Å². The van der Waals surface area contributed by atoms with E-state index in [0.717, 1.165) is 88.4 Å². The van der Waals surface area contributed by atoms with Gasteiger partial charge in [-0.15, -0.1) is 0 Å². The lowest BCUT2D eigenvalue weighted by molar-refractivity contribution is 0.666. The average Bonchev–Trinajstić information content (AvgIpc) is 3.83. The van der Waals surface area contributed by atoms with Crippen molar-refractivity contribution < 1.29 is 4.42 Å². The Morgan fingerprint density at radius 2 is 0.911 bits per heavy atom. The van der Waals surface area contributed by atoms with E-state index in [1.807, 2.05) is 36.4 Å². The van der Waals surface area contributed by atoms with E-state index in [0.29, 0.717) is 17.5 Å². The minimum atomic E-state index is 0.616. The minimum absolute atomic E-state index is 0.616. The van der Waals surface area contributed by atoms with Gasteiger partial charge in [-0.05, 0) is 64.7 Å². The highest BCUT2D eigenvalue weighted by molar-refractivity contribution is 6.16. The third-order valence-electron chi connectivity index (χ3n) is 10.7. The molecule has 5 heteroatoms. The van der Waals surface area contributed by atoms with Gasteiger partial charge in [0.15, 0.2) is 23.1 Å². The Kier molecular flexibility index (Phi) is 7.42. The van der Waals surface area contributed by atoms with E-state index in [1.165, 1.54) is 0 Å². The molecular formula is C51H32N4O. The van der Waals surface area contributed by atoms with Crippen LogP contribution in [0, 0.1) is 0 Å². The van der Waals surface area contributed by atoms with Crippen LogP contribution >= 0.6 is 0 Å². The van der Waals surface area contributed by atoms with Crippen LogP contribution in [0.25, 0.3) is 106 Å². The first-order valence-corrected chi connectivity index (χ1v) is 18.8. The summed E-state index contributed by atoms with van der Waals surface area (Å²) in [5, 5.41) is 4.44. The van der Waals surface area contributed by atoms with Crippen LogP contribution in [-0.4, -0.2) is 19.5 Å². The highest BCUT2D eigenvalue weighted by atomic mass is 16.3. The van der Waals surface area contributed by atoms with Crippen LogP contribution in [0.2, 0.25) is 0 Å². The van der Waals surface area contributed by atoms with Crippen molar-refractivity contribution in [1.82, 2.24) is 19.5 Å². The number of furan rings is 1. The molecule has 0 unspecified atom stereocenters. The Morgan fingerprint density at radius 1 is 0.357 bits per heavy atom. The second-order valence-corrected chi connectivity index (χ2v) is 14.0. The fourth-order valence-electron chi connectivity index (χ4n) is 8.06. The fraction of sp³-hybridized carbons (Fsp3) is 0. The number of benzene rings is 8. The zero-order valence-corrected chi connectivity index (χ0v) is 30.2. The second kappa shape index (κ2) is 13.0. The molecule has 0 fully saturated rings. The topological polar surface area (TPSA) is 56.7 Å². The summed E-state index contributed by atoms with van der Waals surface area (Å²) in [6, 6.07) is 67.3. The number of aromatic nitrogens is 4. The second-order valence-electron chi connectivity index (χ2n) is 14.0. The van der Waals surface area contributed by atoms with Crippen LogP contribution < -0.4 is 0 Å². The Bertz CT molecular complexity index is 3240. The summed E-state index contributed by atoms with van der Waals surface area (Å²) >= 11 is 0. The van der Waals surface area contributed by atoms with Gasteiger partial charge >= 0.3 is 0 Å². The summed E-state index contributed by atoms with van der Waals surface area (Å²) in [5.74, 6) is 1.87. The van der Waals surface area contributed by atoms with Crippen molar-refractivity contribution in [2.24, 2.45) is 0 Å². The summed E-state index contributed by atoms with van der Waals surface area (Å²) in [4.78, 5) is 15.3. The van der Waals surface area contributed by atoms with E-state index in [2.05, 4.69) is 162 Å². The molecule has 8 aromatic carbocycles. The number of fused-ring (bicyclic) bond motifs is 6.